The molecule has 1 aromatic carbocycles. The molecule has 2 N–H and O–H groups in total. The summed E-state index contributed by atoms with van der Waals surface area (Å²) in [5.41, 5.74) is 2.42. The molecule has 1 amide bonds. The van der Waals surface area contributed by atoms with E-state index >= 15 is 0 Å². The molecule has 1 saturated heterocycles. The fraction of sp³-hybridized carbons (Fsp3) is 0.381. The van der Waals surface area contributed by atoms with Gasteiger partial charge in [0.2, 0.25) is 6.10 Å². The second-order valence-electron chi connectivity index (χ2n) is 7.73. The number of hydrogen-bond donors (Lipinski definition) is 2. The number of anilines is 1. The molecule has 0 saturated carbocycles. The van der Waals surface area contributed by atoms with E-state index in [4.69, 9.17) is 4.99 Å². The lowest BCUT2D eigenvalue weighted by Gasteiger charge is -2.33. The van der Waals surface area contributed by atoms with Gasteiger partial charge in [-0.15, -0.1) is 0 Å². The van der Waals surface area contributed by atoms with E-state index in [0.717, 1.165) is 37.1 Å². The van der Waals surface area contributed by atoms with Crippen LogP contribution in [-0.2, 0) is 11.2 Å². The van der Waals surface area contributed by atoms with E-state index in [1.165, 1.54) is 12.3 Å². The largest absolute Gasteiger partial charge is 0.431 e. The summed E-state index contributed by atoms with van der Waals surface area (Å²) in [5.74, 6) is 0.207. The first-order valence-corrected chi connectivity index (χ1v) is 9.82. The molecule has 1 fully saturated rings. The standard InChI is InChI=1S/C21H19F3N4O2/c22-21(23,24)18-16-14(7-8-26-19(16)28-20(29)30-18)17-13-4-2-1-3-11(13)5-6-15(27-17)12-9-25-10-12/h1-4,7-8,12,15,18,25H,5-6,9-10H2,(H,26,28,29)/t15?,18-/m1/s1. The van der Waals surface area contributed by atoms with Crippen molar-refractivity contribution in [3.05, 3.63) is 58.8 Å². The van der Waals surface area contributed by atoms with Gasteiger partial charge in [-0.1, -0.05) is 24.3 Å². The summed E-state index contributed by atoms with van der Waals surface area (Å²) in [5, 5.41) is 5.54. The van der Waals surface area contributed by atoms with E-state index in [-0.39, 0.29) is 23.0 Å². The van der Waals surface area contributed by atoms with Crippen molar-refractivity contribution in [1.82, 2.24) is 10.3 Å². The highest BCUT2D eigenvalue weighted by molar-refractivity contribution is 6.15. The molecule has 0 aliphatic carbocycles. The molecular weight excluding hydrogens is 397 g/mol. The van der Waals surface area contributed by atoms with Gasteiger partial charge in [0.25, 0.3) is 0 Å². The third kappa shape index (κ3) is 3.23. The van der Waals surface area contributed by atoms with Crippen LogP contribution >= 0.6 is 0 Å². The third-order valence-corrected chi connectivity index (χ3v) is 5.88. The number of carbonyl (C=O) groups excluding carboxylic acids is 1. The van der Waals surface area contributed by atoms with E-state index < -0.39 is 18.4 Å². The number of alkyl halides is 3. The first kappa shape index (κ1) is 19.0. The lowest BCUT2D eigenvalue weighted by Crippen LogP contribution is -2.48. The monoisotopic (exact) mass is 416 g/mol. The van der Waals surface area contributed by atoms with E-state index in [1.807, 2.05) is 24.3 Å². The van der Waals surface area contributed by atoms with Gasteiger partial charge in [-0.3, -0.25) is 10.3 Å². The highest BCUT2D eigenvalue weighted by atomic mass is 19.4. The molecule has 1 aromatic heterocycles. The van der Waals surface area contributed by atoms with Crippen LogP contribution in [0.5, 0.6) is 0 Å². The molecule has 0 bridgehead atoms. The summed E-state index contributed by atoms with van der Waals surface area (Å²) >= 11 is 0. The lowest BCUT2D eigenvalue weighted by molar-refractivity contribution is -0.206. The lowest BCUT2D eigenvalue weighted by atomic mass is 9.90. The van der Waals surface area contributed by atoms with Crippen LogP contribution in [0.2, 0.25) is 0 Å². The number of ether oxygens (including phenoxy) is 1. The maximum atomic E-state index is 13.8. The summed E-state index contributed by atoms with van der Waals surface area (Å²) in [6.07, 6.45) is -5.32. The average molecular weight is 416 g/mol. The Morgan fingerprint density at radius 3 is 2.63 bits per heavy atom. The fourth-order valence-electron chi connectivity index (χ4n) is 4.28. The van der Waals surface area contributed by atoms with Crippen LogP contribution in [0.15, 0.2) is 41.5 Å². The zero-order valence-corrected chi connectivity index (χ0v) is 15.9. The molecular formula is C21H19F3N4O2. The van der Waals surface area contributed by atoms with Gasteiger partial charge in [-0.2, -0.15) is 13.2 Å². The van der Waals surface area contributed by atoms with Crippen molar-refractivity contribution in [3.63, 3.8) is 0 Å². The second kappa shape index (κ2) is 7.09. The van der Waals surface area contributed by atoms with Crippen LogP contribution in [0.1, 0.15) is 34.8 Å². The van der Waals surface area contributed by atoms with E-state index in [9.17, 15) is 18.0 Å². The van der Waals surface area contributed by atoms with Crippen molar-refractivity contribution in [2.45, 2.75) is 31.2 Å². The number of nitrogens with zero attached hydrogens (tertiary/aromatic N) is 2. The molecule has 30 heavy (non-hydrogen) atoms. The predicted octanol–water partition coefficient (Wildman–Crippen LogP) is 3.62. The molecule has 156 valence electrons. The first-order valence-electron chi connectivity index (χ1n) is 9.82. The molecule has 1 unspecified atom stereocenters. The summed E-state index contributed by atoms with van der Waals surface area (Å²) in [6.45, 7) is 1.69. The number of aromatic nitrogens is 1. The Hall–Kier alpha value is -2.94. The molecule has 6 nitrogen and oxygen atoms in total. The number of fused-ring (bicyclic) bond motifs is 2. The van der Waals surface area contributed by atoms with Crippen LogP contribution in [0.25, 0.3) is 0 Å². The van der Waals surface area contributed by atoms with Crippen LogP contribution in [0.4, 0.5) is 23.8 Å². The van der Waals surface area contributed by atoms with Gasteiger partial charge in [0.15, 0.2) is 0 Å². The van der Waals surface area contributed by atoms with Crippen LogP contribution in [0.3, 0.4) is 0 Å². The van der Waals surface area contributed by atoms with Gasteiger partial charge in [0, 0.05) is 36.3 Å². The number of hydrogen-bond acceptors (Lipinski definition) is 5. The highest BCUT2D eigenvalue weighted by Gasteiger charge is 2.49. The number of carbonyl (C=O) groups is 1. The van der Waals surface area contributed by atoms with Gasteiger partial charge in [0.05, 0.1) is 17.3 Å². The molecule has 3 aliphatic heterocycles. The number of rotatable bonds is 2. The Bertz CT molecular complexity index is 1030. The molecule has 0 spiro atoms. The number of halogens is 3. The van der Waals surface area contributed by atoms with Gasteiger partial charge >= 0.3 is 12.3 Å². The number of aryl methyl sites for hydroxylation is 1. The van der Waals surface area contributed by atoms with Crippen LogP contribution in [-0.4, -0.2) is 42.1 Å². The molecule has 3 aliphatic rings. The molecule has 5 rings (SSSR count). The minimum Gasteiger partial charge on any atom is -0.431 e. The van der Waals surface area contributed by atoms with Crippen molar-refractivity contribution in [3.8, 4) is 0 Å². The molecule has 4 heterocycles. The molecule has 0 radical (unpaired) electrons. The van der Waals surface area contributed by atoms with Crippen molar-refractivity contribution < 1.29 is 22.7 Å². The van der Waals surface area contributed by atoms with E-state index in [0.29, 0.717) is 11.6 Å². The summed E-state index contributed by atoms with van der Waals surface area (Å²) in [4.78, 5) is 20.6. The minimum atomic E-state index is -4.77. The smallest absolute Gasteiger partial charge is 0.430 e. The second-order valence-corrected chi connectivity index (χ2v) is 7.73. The van der Waals surface area contributed by atoms with Crippen LogP contribution in [0, 0.1) is 5.92 Å². The zero-order valence-electron chi connectivity index (χ0n) is 15.9. The molecule has 9 heteroatoms. The van der Waals surface area contributed by atoms with Gasteiger partial charge in [-0.05, 0) is 24.5 Å². The zero-order chi connectivity index (χ0) is 20.9. The van der Waals surface area contributed by atoms with Crippen molar-refractivity contribution >= 4 is 17.6 Å². The third-order valence-electron chi connectivity index (χ3n) is 5.88. The van der Waals surface area contributed by atoms with Gasteiger partial charge in [0.1, 0.15) is 5.82 Å². The number of nitrogens with one attached hydrogen (secondary N) is 2. The Balaban J connectivity index is 1.71. The topological polar surface area (TPSA) is 75.6 Å². The van der Waals surface area contributed by atoms with Crippen LogP contribution < -0.4 is 10.6 Å². The van der Waals surface area contributed by atoms with E-state index in [1.54, 1.807) is 0 Å². The fourth-order valence-corrected chi connectivity index (χ4v) is 4.28. The van der Waals surface area contributed by atoms with E-state index in [2.05, 4.69) is 20.4 Å². The number of aliphatic imine (C=N–C) groups is 1. The van der Waals surface area contributed by atoms with Crippen molar-refractivity contribution in [1.29, 1.82) is 0 Å². The maximum Gasteiger partial charge on any atom is 0.430 e. The Morgan fingerprint density at radius 1 is 1.10 bits per heavy atom. The first-order chi connectivity index (χ1) is 14.4. The van der Waals surface area contributed by atoms with Gasteiger partial charge < -0.3 is 10.1 Å². The average Bonchev–Trinajstić information content (AvgIpc) is 2.85. The quantitative estimate of drug-likeness (QED) is 0.784. The summed E-state index contributed by atoms with van der Waals surface area (Å²) in [7, 11) is 0. The van der Waals surface area contributed by atoms with Crippen molar-refractivity contribution in [2.24, 2.45) is 10.9 Å². The summed E-state index contributed by atoms with van der Waals surface area (Å²) in [6, 6.07) is 9.17. The Kier molecular flexibility index (Phi) is 4.50. The molecule has 2 aromatic rings. The summed E-state index contributed by atoms with van der Waals surface area (Å²) < 4.78 is 46.1. The number of cyclic esters (lactones) is 1. The SMILES string of the molecule is O=C1Nc2nccc(C3=NC(C4CNC4)CCc4ccccc43)c2[C@H](C(F)(F)F)O1. The minimum absolute atomic E-state index is 0.000835. The number of pyridine rings is 1. The normalized spacial score (nSPS) is 23.8. The van der Waals surface area contributed by atoms with Crippen molar-refractivity contribution in [2.75, 3.05) is 18.4 Å². The number of benzene rings is 1. The highest BCUT2D eigenvalue weighted by Crippen LogP contribution is 2.43. The predicted molar refractivity (Wildman–Crippen MR) is 104 cm³/mol. The molecule has 2 atom stereocenters. The Morgan fingerprint density at radius 2 is 1.90 bits per heavy atom. The Labute approximate surface area is 170 Å². The van der Waals surface area contributed by atoms with Gasteiger partial charge in [-0.25, -0.2) is 9.78 Å². The number of amides is 1. The maximum absolute atomic E-state index is 13.8.